The Kier molecular flexibility index (Phi) is 3.17. The number of piperazine rings is 1. The molecule has 1 spiro atoms. The van der Waals surface area contributed by atoms with Gasteiger partial charge in [-0.05, 0) is 25.1 Å². The van der Waals surface area contributed by atoms with Gasteiger partial charge in [0.05, 0.1) is 24.0 Å². The molecule has 3 rings (SSSR count). The van der Waals surface area contributed by atoms with Crippen molar-refractivity contribution in [2.45, 2.75) is 18.9 Å². The number of pyridine rings is 1. The highest BCUT2D eigenvalue weighted by atomic mass is 16.2. The Morgan fingerprint density at radius 2 is 2.35 bits per heavy atom. The van der Waals surface area contributed by atoms with E-state index in [1.54, 1.807) is 22.2 Å². The molecule has 2 fully saturated rings. The molecule has 1 N–H and O–H groups in total. The summed E-state index contributed by atoms with van der Waals surface area (Å²) in [6.07, 6.45) is 4.25. The van der Waals surface area contributed by atoms with Gasteiger partial charge in [-0.15, -0.1) is 0 Å². The monoisotopic (exact) mass is 274 g/mol. The maximum atomic E-state index is 12.3. The van der Waals surface area contributed by atoms with E-state index in [4.69, 9.17) is 0 Å². The largest absolute Gasteiger partial charge is 0.325 e. The van der Waals surface area contributed by atoms with Gasteiger partial charge < -0.3 is 15.1 Å². The third kappa shape index (κ3) is 2.06. The van der Waals surface area contributed by atoms with Crippen molar-refractivity contribution in [1.29, 1.82) is 0 Å². The van der Waals surface area contributed by atoms with Crippen molar-refractivity contribution in [3.05, 3.63) is 24.5 Å². The van der Waals surface area contributed by atoms with Crippen LogP contribution in [-0.2, 0) is 9.59 Å². The smallest absolute Gasteiger partial charge is 0.246 e. The molecule has 3 heterocycles. The summed E-state index contributed by atoms with van der Waals surface area (Å²) < 4.78 is 0. The second kappa shape index (κ2) is 4.86. The van der Waals surface area contributed by atoms with Crippen LogP contribution in [-0.4, -0.2) is 53.4 Å². The number of rotatable bonds is 1. The lowest BCUT2D eigenvalue weighted by atomic mass is 9.92. The number of amides is 2. The molecular weight excluding hydrogens is 256 g/mol. The van der Waals surface area contributed by atoms with Crippen molar-refractivity contribution in [3.8, 4) is 0 Å². The molecule has 2 saturated heterocycles. The Hall–Kier alpha value is -1.95. The van der Waals surface area contributed by atoms with Crippen LogP contribution < -0.4 is 10.2 Å². The molecule has 0 aromatic carbocycles. The second-order valence-electron chi connectivity index (χ2n) is 5.45. The highest BCUT2D eigenvalue weighted by Crippen LogP contribution is 2.31. The molecule has 1 aromatic rings. The summed E-state index contributed by atoms with van der Waals surface area (Å²) in [4.78, 5) is 31.7. The number of hydrogen-bond donors (Lipinski definition) is 1. The first kappa shape index (κ1) is 13.1. The SMILES string of the molecule is CC(=O)N1CC(=O)N(c2cccnc2)CC12CCNC2. The van der Waals surface area contributed by atoms with E-state index >= 15 is 0 Å². The molecule has 0 aliphatic carbocycles. The Morgan fingerprint density at radius 1 is 1.50 bits per heavy atom. The minimum Gasteiger partial charge on any atom is -0.325 e. The molecule has 0 bridgehead atoms. The summed E-state index contributed by atoms with van der Waals surface area (Å²) in [5.74, 6) is -0.0846. The minimum atomic E-state index is -0.282. The number of anilines is 1. The Balaban J connectivity index is 1.93. The van der Waals surface area contributed by atoms with E-state index in [1.807, 2.05) is 12.1 Å². The predicted molar refractivity (Wildman–Crippen MR) is 74.2 cm³/mol. The Morgan fingerprint density at radius 3 is 2.95 bits per heavy atom. The molecule has 0 saturated carbocycles. The van der Waals surface area contributed by atoms with E-state index in [0.717, 1.165) is 25.2 Å². The highest BCUT2D eigenvalue weighted by molar-refractivity contribution is 5.98. The molecule has 6 heteroatoms. The van der Waals surface area contributed by atoms with Crippen LogP contribution >= 0.6 is 0 Å². The lowest BCUT2D eigenvalue weighted by Crippen LogP contribution is -2.66. The molecule has 2 aliphatic heterocycles. The van der Waals surface area contributed by atoms with Gasteiger partial charge in [0.1, 0.15) is 6.54 Å². The zero-order valence-electron chi connectivity index (χ0n) is 11.5. The first-order valence-corrected chi connectivity index (χ1v) is 6.82. The third-order valence-electron chi connectivity index (χ3n) is 4.18. The van der Waals surface area contributed by atoms with E-state index in [1.165, 1.54) is 6.92 Å². The van der Waals surface area contributed by atoms with E-state index < -0.39 is 0 Å². The van der Waals surface area contributed by atoms with Crippen molar-refractivity contribution < 1.29 is 9.59 Å². The summed E-state index contributed by atoms with van der Waals surface area (Å²) in [5, 5.41) is 3.31. The van der Waals surface area contributed by atoms with E-state index in [9.17, 15) is 9.59 Å². The van der Waals surface area contributed by atoms with Crippen molar-refractivity contribution in [2.24, 2.45) is 0 Å². The molecule has 1 unspecified atom stereocenters. The standard InChI is InChI=1S/C14H18N4O2/c1-11(19)18-8-13(20)17(12-3-2-5-15-7-12)10-14(18)4-6-16-9-14/h2-3,5,7,16H,4,6,8-10H2,1H3. The van der Waals surface area contributed by atoms with Crippen LogP contribution in [0.25, 0.3) is 0 Å². The molecule has 0 radical (unpaired) electrons. The number of carbonyl (C=O) groups is 2. The Bertz CT molecular complexity index is 525. The molecule has 6 nitrogen and oxygen atoms in total. The summed E-state index contributed by atoms with van der Waals surface area (Å²) in [7, 11) is 0. The maximum Gasteiger partial charge on any atom is 0.246 e. The van der Waals surface area contributed by atoms with Gasteiger partial charge in [0.15, 0.2) is 0 Å². The molecule has 1 aromatic heterocycles. The summed E-state index contributed by atoms with van der Waals surface area (Å²) in [6, 6.07) is 3.70. The molecule has 106 valence electrons. The van der Waals surface area contributed by atoms with E-state index in [0.29, 0.717) is 6.54 Å². The Labute approximate surface area is 117 Å². The summed E-state index contributed by atoms with van der Waals surface area (Å²) >= 11 is 0. The number of nitrogens with zero attached hydrogens (tertiary/aromatic N) is 3. The topological polar surface area (TPSA) is 65.5 Å². The molecular formula is C14H18N4O2. The number of hydrogen-bond acceptors (Lipinski definition) is 4. The van der Waals surface area contributed by atoms with Crippen LogP contribution in [0.5, 0.6) is 0 Å². The van der Waals surface area contributed by atoms with Crippen LogP contribution in [0.2, 0.25) is 0 Å². The zero-order valence-corrected chi connectivity index (χ0v) is 11.5. The molecule has 2 amide bonds. The first-order chi connectivity index (χ1) is 9.62. The van der Waals surface area contributed by atoms with Gasteiger partial charge in [0.25, 0.3) is 0 Å². The fourth-order valence-electron chi connectivity index (χ4n) is 3.15. The van der Waals surface area contributed by atoms with Gasteiger partial charge in [0, 0.05) is 19.7 Å². The average Bonchev–Trinajstić information content (AvgIpc) is 2.91. The summed E-state index contributed by atoms with van der Waals surface area (Å²) in [6.45, 7) is 3.82. The average molecular weight is 274 g/mol. The van der Waals surface area contributed by atoms with Crippen molar-refractivity contribution >= 4 is 17.5 Å². The van der Waals surface area contributed by atoms with Crippen LogP contribution in [0.1, 0.15) is 13.3 Å². The number of nitrogens with one attached hydrogen (secondary N) is 1. The third-order valence-corrected chi connectivity index (χ3v) is 4.18. The van der Waals surface area contributed by atoms with Gasteiger partial charge in [-0.1, -0.05) is 0 Å². The fraction of sp³-hybridized carbons (Fsp3) is 0.500. The van der Waals surface area contributed by atoms with E-state index in [-0.39, 0.29) is 23.9 Å². The second-order valence-corrected chi connectivity index (χ2v) is 5.45. The quantitative estimate of drug-likeness (QED) is 0.783. The zero-order chi connectivity index (χ0) is 14.2. The normalized spacial score (nSPS) is 26.4. The van der Waals surface area contributed by atoms with Gasteiger partial charge in [-0.2, -0.15) is 0 Å². The molecule has 20 heavy (non-hydrogen) atoms. The van der Waals surface area contributed by atoms with Crippen LogP contribution in [0.4, 0.5) is 5.69 Å². The highest BCUT2D eigenvalue weighted by Gasteiger charge is 2.48. The first-order valence-electron chi connectivity index (χ1n) is 6.82. The fourth-order valence-corrected chi connectivity index (χ4v) is 3.15. The summed E-state index contributed by atoms with van der Waals surface area (Å²) in [5.41, 5.74) is 0.516. The number of aromatic nitrogens is 1. The van der Waals surface area contributed by atoms with Crippen molar-refractivity contribution in [2.75, 3.05) is 31.1 Å². The predicted octanol–water partition coefficient (Wildman–Crippen LogP) is 0.00880. The lowest BCUT2D eigenvalue weighted by Gasteiger charge is -2.47. The van der Waals surface area contributed by atoms with Crippen LogP contribution in [0.15, 0.2) is 24.5 Å². The minimum absolute atomic E-state index is 0.0344. The van der Waals surface area contributed by atoms with Crippen molar-refractivity contribution in [3.63, 3.8) is 0 Å². The van der Waals surface area contributed by atoms with Crippen molar-refractivity contribution in [1.82, 2.24) is 15.2 Å². The maximum absolute atomic E-state index is 12.3. The van der Waals surface area contributed by atoms with Gasteiger partial charge >= 0.3 is 0 Å². The van der Waals surface area contributed by atoms with Gasteiger partial charge in [-0.3, -0.25) is 14.6 Å². The van der Waals surface area contributed by atoms with Gasteiger partial charge in [-0.25, -0.2) is 0 Å². The number of carbonyl (C=O) groups excluding carboxylic acids is 2. The van der Waals surface area contributed by atoms with Crippen LogP contribution in [0, 0.1) is 0 Å². The van der Waals surface area contributed by atoms with E-state index in [2.05, 4.69) is 10.3 Å². The lowest BCUT2D eigenvalue weighted by molar-refractivity contribution is -0.142. The molecule has 2 aliphatic rings. The molecule has 1 atom stereocenters. The van der Waals surface area contributed by atoms with Crippen LogP contribution in [0.3, 0.4) is 0 Å². The van der Waals surface area contributed by atoms with Gasteiger partial charge in [0.2, 0.25) is 11.8 Å².